The van der Waals surface area contributed by atoms with E-state index in [1.807, 2.05) is 11.3 Å². The molecule has 1 fully saturated rings. The van der Waals surface area contributed by atoms with Gasteiger partial charge in [0.1, 0.15) is 0 Å². The lowest BCUT2D eigenvalue weighted by Gasteiger charge is -2.47. The van der Waals surface area contributed by atoms with Gasteiger partial charge in [0.2, 0.25) is 0 Å². The third kappa shape index (κ3) is 1.92. The second-order valence-electron chi connectivity index (χ2n) is 4.94. The van der Waals surface area contributed by atoms with E-state index in [1.165, 1.54) is 29.7 Å². The van der Waals surface area contributed by atoms with Gasteiger partial charge in [0.05, 0.1) is 0 Å². The summed E-state index contributed by atoms with van der Waals surface area (Å²) in [5.74, 6) is 0. The quantitative estimate of drug-likeness (QED) is 0.824. The SMILES string of the molecule is CNCC1(C(NC)c2sccc2C)CCC1. The first-order chi connectivity index (χ1) is 7.73. The van der Waals surface area contributed by atoms with Crippen LogP contribution in [-0.2, 0) is 0 Å². The van der Waals surface area contributed by atoms with Crippen LogP contribution in [0.15, 0.2) is 11.4 Å². The second-order valence-corrected chi connectivity index (χ2v) is 5.88. The molecule has 0 spiro atoms. The van der Waals surface area contributed by atoms with Crippen LogP contribution >= 0.6 is 11.3 Å². The van der Waals surface area contributed by atoms with Gasteiger partial charge in [-0.05, 0) is 50.9 Å². The molecule has 1 aromatic heterocycles. The van der Waals surface area contributed by atoms with Crippen LogP contribution in [0.2, 0.25) is 0 Å². The lowest BCUT2D eigenvalue weighted by atomic mass is 9.63. The van der Waals surface area contributed by atoms with Crippen molar-refractivity contribution >= 4 is 11.3 Å². The summed E-state index contributed by atoms with van der Waals surface area (Å²) < 4.78 is 0. The average Bonchev–Trinajstić information content (AvgIpc) is 2.62. The summed E-state index contributed by atoms with van der Waals surface area (Å²) in [7, 11) is 4.16. The molecule has 2 rings (SSSR count). The summed E-state index contributed by atoms with van der Waals surface area (Å²) >= 11 is 1.89. The number of thiophene rings is 1. The van der Waals surface area contributed by atoms with Crippen molar-refractivity contribution in [3.8, 4) is 0 Å². The minimum Gasteiger partial charge on any atom is -0.319 e. The zero-order valence-electron chi connectivity index (χ0n) is 10.5. The van der Waals surface area contributed by atoms with Gasteiger partial charge in [0.25, 0.3) is 0 Å². The Bertz CT molecular complexity index is 341. The number of nitrogens with one attached hydrogen (secondary N) is 2. The Morgan fingerprint density at radius 3 is 2.56 bits per heavy atom. The van der Waals surface area contributed by atoms with Crippen molar-refractivity contribution in [2.45, 2.75) is 32.2 Å². The molecule has 1 aliphatic carbocycles. The van der Waals surface area contributed by atoms with Gasteiger partial charge in [0, 0.05) is 22.9 Å². The van der Waals surface area contributed by atoms with Crippen molar-refractivity contribution < 1.29 is 0 Å². The maximum Gasteiger partial charge on any atom is 0.0484 e. The van der Waals surface area contributed by atoms with Crippen molar-refractivity contribution in [2.75, 3.05) is 20.6 Å². The molecular formula is C13H22N2S. The number of aryl methyl sites for hydroxylation is 1. The molecule has 1 heterocycles. The molecule has 1 saturated carbocycles. The van der Waals surface area contributed by atoms with Crippen LogP contribution < -0.4 is 10.6 Å². The molecular weight excluding hydrogens is 216 g/mol. The monoisotopic (exact) mass is 238 g/mol. The topological polar surface area (TPSA) is 24.1 Å². The molecule has 2 nitrogen and oxygen atoms in total. The van der Waals surface area contributed by atoms with E-state index in [0.29, 0.717) is 11.5 Å². The predicted octanol–water partition coefficient (Wildman–Crippen LogP) is 2.71. The number of hydrogen-bond acceptors (Lipinski definition) is 3. The zero-order chi connectivity index (χ0) is 11.6. The Kier molecular flexibility index (Phi) is 3.67. The first-order valence-electron chi connectivity index (χ1n) is 6.09. The molecule has 3 heteroatoms. The predicted molar refractivity (Wildman–Crippen MR) is 71.1 cm³/mol. The first-order valence-corrected chi connectivity index (χ1v) is 6.97. The summed E-state index contributed by atoms with van der Waals surface area (Å²) in [6.45, 7) is 3.34. The molecule has 0 aromatic carbocycles. The molecule has 90 valence electrons. The minimum atomic E-state index is 0.444. The molecule has 16 heavy (non-hydrogen) atoms. The number of rotatable bonds is 5. The highest BCUT2D eigenvalue weighted by molar-refractivity contribution is 7.10. The van der Waals surface area contributed by atoms with Crippen LogP contribution in [0.4, 0.5) is 0 Å². The van der Waals surface area contributed by atoms with Gasteiger partial charge >= 0.3 is 0 Å². The highest BCUT2D eigenvalue weighted by Crippen LogP contribution is 2.51. The fraction of sp³-hybridized carbons (Fsp3) is 0.692. The van der Waals surface area contributed by atoms with E-state index < -0.39 is 0 Å². The fourth-order valence-electron chi connectivity index (χ4n) is 2.95. The molecule has 1 atom stereocenters. The van der Waals surface area contributed by atoms with Crippen molar-refractivity contribution in [3.63, 3.8) is 0 Å². The van der Waals surface area contributed by atoms with E-state index in [2.05, 4.69) is 43.1 Å². The zero-order valence-corrected chi connectivity index (χ0v) is 11.3. The van der Waals surface area contributed by atoms with E-state index in [9.17, 15) is 0 Å². The third-order valence-corrected chi connectivity index (χ3v) is 5.03. The maximum atomic E-state index is 3.54. The Morgan fingerprint density at radius 1 is 1.44 bits per heavy atom. The van der Waals surface area contributed by atoms with Gasteiger partial charge in [-0.15, -0.1) is 11.3 Å². The smallest absolute Gasteiger partial charge is 0.0484 e. The van der Waals surface area contributed by atoms with Gasteiger partial charge in [-0.25, -0.2) is 0 Å². The van der Waals surface area contributed by atoms with E-state index in [-0.39, 0.29) is 0 Å². The van der Waals surface area contributed by atoms with E-state index >= 15 is 0 Å². The van der Waals surface area contributed by atoms with Crippen molar-refractivity contribution in [2.24, 2.45) is 5.41 Å². The van der Waals surface area contributed by atoms with Crippen molar-refractivity contribution in [1.82, 2.24) is 10.6 Å². The van der Waals surface area contributed by atoms with E-state index in [0.717, 1.165) is 6.54 Å². The molecule has 0 amide bonds. The molecule has 1 unspecified atom stereocenters. The van der Waals surface area contributed by atoms with Gasteiger partial charge in [-0.3, -0.25) is 0 Å². The van der Waals surface area contributed by atoms with Gasteiger partial charge in [-0.2, -0.15) is 0 Å². The summed E-state index contributed by atoms with van der Waals surface area (Å²) in [4.78, 5) is 1.53. The minimum absolute atomic E-state index is 0.444. The first kappa shape index (κ1) is 12.1. The maximum absolute atomic E-state index is 3.54. The van der Waals surface area contributed by atoms with Crippen LogP contribution in [0.25, 0.3) is 0 Å². The molecule has 1 aliphatic rings. The van der Waals surface area contributed by atoms with Gasteiger partial charge in [-0.1, -0.05) is 6.42 Å². The Balaban J connectivity index is 2.24. The lowest BCUT2D eigenvalue weighted by molar-refractivity contribution is 0.0803. The highest BCUT2D eigenvalue weighted by Gasteiger charge is 2.44. The standard InChI is InChI=1S/C13H22N2S/c1-10-5-8-16-11(10)12(15-3)13(9-14-2)6-4-7-13/h5,8,12,14-15H,4,6-7,9H2,1-3H3. The Morgan fingerprint density at radius 2 is 2.19 bits per heavy atom. The third-order valence-electron chi connectivity index (χ3n) is 3.94. The summed E-state index contributed by atoms with van der Waals surface area (Å²) in [5, 5.41) is 9.12. The molecule has 1 aromatic rings. The highest BCUT2D eigenvalue weighted by atomic mass is 32.1. The average molecular weight is 238 g/mol. The summed E-state index contributed by atoms with van der Waals surface area (Å²) in [6, 6.07) is 2.75. The van der Waals surface area contributed by atoms with Crippen LogP contribution in [0.5, 0.6) is 0 Å². The van der Waals surface area contributed by atoms with Crippen molar-refractivity contribution in [3.05, 3.63) is 21.9 Å². The van der Waals surface area contributed by atoms with Gasteiger partial charge in [0.15, 0.2) is 0 Å². The lowest BCUT2D eigenvalue weighted by Crippen LogP contribution is -2.47. The largest absolute Gasteiger partial charge is 0.319 e. The molecule has 0 aliphatic heterocycles. The van der Waals surface area contributed by atoms with Crippen LogP contribution in [-0.4, -0.2) is 20.6 Å². The Hall–Kier alpha value is -0.380. The summed E-state index contributed by atoms with van der Waals surface area (Å²) in [6.07, 6.45) is 4.07. The molecule has 0 saturated heterocycles. The molecule has 0 radical (unpaired) electrons. The van der Waals surface area contributed by atoms with E-state index in [1.54, 1.807) is 0 Å². The molecule has 2 N–H and O–H groups in total. The molecule has 0 bridgehead atoms. The van der Waals surface area contributed by atoms with Crippen LogP contribution in [0, 0.1) is 12.3 Å². The summed E-state index contributed by atoms with van der Waals surface area (Å²) in [5.41, 5.74) is 1.88. The second kappa shape index (κ2) is 4.86. The van der Waals surface area contributed by atoms with E-state index in [4.69, 9.17) is 0 Å². The normalized spacial score (nSPS) is 20.4. The van der Waals surface area contributed by atoms with Crippen molar-refractivity contribution in [1.29, 1.82) is 0 Å². The van der Waals surface area contributed by atoms with Crippen LogP contribution in [0.3, 0.4) is 0 Å². The number of hydrogen-bond donors (Lipinski definition) is 2. The fourth-order valence-corrected chi connectivity index (χ4v) is 4.12. The Labute approximate surface area is 102 Å². The van der Waals surface area contributed by atoms with Gasteiger partial charge < -0.3 is 10.6 Å². The van der Waals surface area contributed by atoms with Crippen LogP contribution in [0.1, 0.15) is 35.7 Å².